The van der Waals surface area contributed by atoms with Crippen molar-refractivity contribution < 1.29 is 14.5 Å². The van der Waals surface area contributed by atoms with E-state index >= 15 is 0 Å². The van der Waals surface area contributed by atoms with Gasteiger partial charge in [-0.25, -0.2) is 9.37 Å². The number of carboxylic acid groups (broad SMARTS) is 1. The van der Waals surface area contributed by atoms with Crippen molar-refractivity contribution in [3.8, 4) is 12.0 Å². The van der Waals surface area contributed by atoms with E-state index in [2.05, 4.69) is 29.1 Å². The Morgan fingerprint density at radius 1 is 1.00 bits per heavy atom. The molecule has 0 atom stereocenters. The van der Waals surface area contributed by atoms with Gasteiger partial charge in [0, 0.05) is 19.1 Å². The Balaban J connectivity index is 1.89. The number of carboxylic acids is 1. The van der Waals surface area contributed by atoms with Crippen molar-refractivity contribution in [1.29, 1.82) is 0 Å². The normalized spacial score (nSPS) is 14.0. The summed E-state index contributed by atoms with van der Waals surface area (Å²) in [6.45, 7) is 6.77. The molecule has 0 radical (unpaired) electrons. The Kier molecular flexibility index (Phi) is 16.3. The second-order valence-corrected chi connectivity index (χ2v) is 8.17. The Morgan fingerprint density at radius 2 is 1.62 bits per heavy atom. The summed E-state index contributed by atoms with van der Waals surface area (Å²) in [4.78, 5) is 13.0. The number of unbranched alkanes of at least 4 members (excludes halogenated alkanes) is 11. The quantitative estimate of drug-likeness (QED) is 0.204. The second kappa shape index (κ2) is 18.5. The zero-order valence-electron chi connectivity index (χ0n) is 18.8. The Hall–Kier alpha value is -1.54. The molecule has 29 heavy (non-hydrogen) atoms. The molecule has 0 fully saturated rings. The van der Waals surface area contributed by atoms with E-state index in [0.717, 1.165) is 32.7 Å². The molecule has 0 amide bonds. The van der Waals surface area contributed by atoms with Gasteiger partial charge in [-0.15, -0.1) is 0 Å². The molecule has 0 saturated carbocycles. The van der Waals surface area contributed by atoms with E-state index in [0.29, 0.717) is 6.42 Å². The summed E-state index contributed by atoms with van der Waals surface area (Å²) in [5, 5.41) is 12.4. The van der Waals surface area contributed by atoms with Crippen LogP contribution < -0.4 is 5.32 Å². The highest BCUT2D eigenvalue weighted by Gasteiger charge is 2.12. The maximum absolute atomic E-state index is 10.9. The van der Waals surface area contributed by atoms with Gasteiger partial charge in [-0.05, 0) is 13.0 Å². The van der Waals surface area contributed by atoms with Crippen molar-refractivity contribution in [3.05, 3.63) is 0 Å². The number of hydrogen-bond acceptors (Lipinski definition) is 3. The number of nitrogens with one attached hydrogen (secondary N) is 1. The maximum Gasteiger partial charge on any atom is 0.369 e. The van der Waals surface area contributed by atoms with Gasteiger partial charge < -0.3 is 15.3 Å². The number of rotatable bonds is 18. The van der Waals surface area contributed by atoms with Gasteiger partial charge in [0.1, 0.15) is 0 Å². The molecule has 1 aliphatic rings. The number of hydrogen-bond donors (Lipinski definition) is 2. The van der Waals surface area contributed by atoms with Crippen molar-refractivity contribution >= 4 is 12.2 Å². The fourth-order valence-electron chi connectivity index (χ4n) is 3.64. The maximum atomic E-state index is 10.9. The van der Waals surface area contributed by atoms with Gasteiger partial charge >= 0.3 is 5.97 Å². The van der Waals surface area contributed by atoms with E-state index < -0.39 is 5.97 Å². The van der Waals surface area contributed by atoms with Gasteiger partial charge in [-0.3, -0.25) is 0 Å². The standard InChI is InChI=1S/C24H43N3O2/c1-2-3-4-5-6-7-8-9-10-11-12-13-16-25-17-20-26-18-14-15-19-27(22-21-26)23-24(28)29/h19,25H,2-13,15-17,20-23H2,1H3/p+1. The van der Waals surface area contributed by atoms with Crippen LogP contribution in [0.1, 0.15) is 90.4 Å². The van der Waals surface area contributed by atoms with Crippen LogP contribution in [0.15, 0.2) is 0 Å². The molecule has 5 heteroatoms. The van der Waals surface area contributed by atoms with Gasteiger partial charge in [0.25, 0.3) is 0 Å². The average molecular weight is 407 g/mol. The van der Waals surface area contributed by atoms with E-state index in [1.54, 1.807) is 0 Å². The SMILES string of the molecule is CCCCCCCCCCCCCCNCCN1C#CCC=[N+](CC(=O)O)CC1. The first-order valence-corrected chi connectivity index (χ1v) is 12.0. The first kappa shape index (κ1) is 25.5. The fraction of sp³-hybridized carbons (Fsp3) is 0.833. The van der Waals surface area contributed by atoms with Crippen molar-refractivity contribution in [2.45, 2.75) is 90.4 Å². The number of carbonyl (C=O) groups is 1. The van der Waals surface area contributed by atoms with E-state index in [1.807, 2.05) is 10.8 Å². The topological polar surface area (TPSA) is 55.6 Å². The zero-order valence-corrected chi connectivity index (χ0v) is 18.8. The van der Waals surface area contributed by atoms with Gasteiger partial charge in [-0.2, -0.15) is 0 Å². The summed E-state index contributed by atoms with van der Waals surface area (Å²) in [7, 11) is 0. The third kappa shape index (κ3) is 16.0. The molecule has 0 spiro atoms. The van der Waals surface area contributed by atoms with Crippen LogP contribution >= 0.6 is 0 Å². The van der Waals surface area contributed by atoms with Crippen molar-refractivity contribution in [1.82, 2.24) is 10.2 Å². The Morgan fingerprint density at radius 3 is 2.24 bits per heavy atom. The minimum atomic E-state index is -0.787. The summed E-state index contributed by atoms with van der Waals surface area (Å²) in [6, 6.07) is 3.18. The molecule has 1 aliphatic heterocycles. The summed E-state index contributed by atoms with van der Waals surface area (Å²) >= 11 is 0. The van der Waals surface area contributed by atoms with Crippen LogP contribution in [0.4, 0.5) is 0 Å². The van der Waals surface area contributed by atoms with Crippen LogP contribution in [0, 0.1) is 12.0 Å². The van der Waals surface area contributed by atoms with Crippen molar-refractivity contribution in [3.63, 3.8) is 0 Å². The average Bonchev–Trinajstić information content (AvgIpc) is 2.68. The number of aliphatic carboxylic acids is 1. The minimum absolute atomic E-state index is 0.0622. The van der Waals surface area contributed by atoms with Gasteiger partial charge in [0.05, 0.1) is 13.0 Å². The molecule has 2 N–H and O–H groups in total. The molecule has 0 aromatic heterocycles. The van der Waals surface area contributed by atoms with Crippen LogP contribution in [-0.2, 0) is 4.79 Å². The van der Waals surface area contributed by atoms with E-state index in [9.17, 15) is 4.79 Å². The lowest BCUT2D eigenvalue weighted by Gasteiger charge is -2.18. The molecule has 0 aliphatic carbocycles. The predicted octanol–water partition coefficient (Wildman–Crippen LogP) is 4.11. The fourth-order valence-corrected chi connectivity index (χ4v) is 3.64. The van der Waals surface area contributed by atoms with Gasteiger partial charge in [0.2, 0.25) is 6.54 Å². The molecule has 166 valence electrons. The molecule has 0 bridgehead atoms. The zero-order chi connectivity index (χ0) is 21.0. The highest BCUT2D eigenvalue weighted by atomic mass is 16.4. The van der Waals surface area contributed by atoms with Crippen molar-refractivity contribution in [2.75, 3.05) is 39.3 Å². The monoisotopic (exact) mass is 406 g/mol. The van der Waals surface area contributed by atoms with Crippen LogP contribution in [0.3, 0.4) is 0 Å². The lowest BCUT2D eigenvalue weighted by molar-refractivity contribution is -0.514. The van der Waals surface area contributed by atoms with E-state index in [-0.39, 0.29) is 6.54 Å². The first-order valence-electron chi connectivity index (χ1n) is 12.0. The minimum Gasteiger partial charge on any atom is -0.477 e. The molecule has 5 nitrogen and oxygen atoms in total. The lowest BCUT2D eigenvalue weighted by Crippen LogP contribution is -2.35. The third-order valence-electron chi connectivity index (χ3n) is 5.45. The lowest BCUT2D eigenvalue weighted by atomic mass is 10.1. The summed E-state index contributed by atoms with van der Waals surface area (Å²) in [5.74, 6) is 2.31. The molecule has 0 aromatic carbocycles. The highest BCUT2D eigenvalue weighted by Crippen LogP contribution is 2.11. The smallest absolute Gasteiger partial charge is 0.369 e. The molecule has 0 unspecified atom stereocenters. The highest BCUT2D eigenvalue weighted by molar-refractivity contribution is 5.68. The molecular formula is C24H44N3O2+. The third-order valence-corrected chi connectivity index (χ3v) is 5.45. The first-order chi connectivity index (χ1) is 14.2. The van der Waals surface area contributed by atoms with Crippen LogP contribution in [0.25, 0.3) is 0 Å². The largest absolute Gasteiger partial charge is 0.477 e. The van der Waals surface area contributed by atoms with Gasteiger partial charge in [-0.1, -0.05) is 83.5 Å². The summed E-state index contributed by atoms with van der Waals surface area (Å²) < 4.78 is 1.85. The van der Waals surface area contributed by atoms with E-state index in [1.165, 1.54) is 77.0 Å². The Labute approximate surface area is 178 Å². The molecule has 1 rings (SSSR count). The molecule has 1 heterocycles. The summed E-state index contributed by atoms with van der Waals surface area (Å²) in [6.07, 6.45) is 19.1. The van der Waals surface area contributed by atoms with Crippen LogP contribution in [0.5, 0.6) is 0 Å². The van der Waals surface area contributed by atoms with Crippen LogP contribution in [0.2, 0.25) is 0 Å². The molecule has 0 aromatic rings. The van der Waals surface area contributed by atoms with E-state index in [4.69, 9.17) is 5.11 Å². The summed E-state index contributed by atoms with van der Waals surface area (Å²) in [5.41, 5.74) is 0. The number of nitrogens with zero attached hydrogens (tertiary/aromatic N) is 2. The Bertz CT molecular complexity index is 508. The second-order valence-electron chi connectivity index (χ2n) is 8.17. The van der Waals surface area contributed by atoms with Crippen molar-refractivity contribution in [2.24, 2.45) is 0 Å². The molecular weight excluding hydrogens is 362 g/mol. The van der Waals surface area contributed by atoms with Gasteiger partial charge in [0.15, 0.2) is 12.8 Å². The predicted molar refractivity (Wildman–Crippen MR) is 122 cm³/mol. The molecule has 0 saturated heterocycles. The van der Waals surface area contributed by atoms with Crippen LogP contribution in [-0.4, -0.2) is 66.0 Å².